The van der Waals surface area contributed by atoms with Gasteiger partial charge in [0.25, 0.3) is 0 Å². The zero-order valence-electron chi connectivity index (χ0n) is 9.08. The van der Waals surface area contributed by atoms with Crippen LogP contribution >= 0.6 is 11.8 Å². The number of nitrogens with one attached hydrogen (secondary N) is 2. The fourth-order valence-electron chi connectivity index (χ4n) is 1.42. The first-order chi connectivity index (χ1) is 7.28. The predicted octanol–water partition coefficient (Wildman–Crippen LogP) is 1.83. The summed E-state index contributed by atoms with van der Waals surface area (Å²) in [4.78, 5) is 8.47. The fourth-order valence-corrected chi connectivity index (χ4v) is 2.14. The van der Waals surface area contributed by atoms with Crippen molar-refractivity contribution >= 4 is 23.4 Å². The molecule has 1 heterocycles. The molecule has 0 aromatic carbocycles. The lowest BCUT2D eigenvalue weighted by Gasteiger charge is -2.13. The molecule has 0 bridgehead atoms. The van der Waals surface area contributed by atoms with Gasteiger partial charge >= 0.3 is 0 Å². The van der Waals surface area contributed by atoms with Crippen molar-refractivity contribution in [2.24, 2.45) is 0 Å². The maximum absolute atomic E-state index is 4.36. The number of hydrogen-bond acceptors (Lipinski definition) is 5. The lowest BCUT2D eigenvalue weighted by molar-refractivity contribution is 0.937. The summed E-state index contributed by atoms with van der Waals surface area (Å²) < 4.78 is 0.456. The monoisotopic (exact) mass is 224 g/mol. The molecule has 0 radical (unpaired) electrons. The third kappa shape index (κ3) is 2.53. The summed E-state index contributed by atoms with van der Waals surface area (Å²) in [5.74, 6) is 1.65. The Balaban J connectivity index is 1.93. The molecule has 1 aromatic heterocycles. The second-order valence-electron chi connectivity index (χ2n) is 3.78. The van der Waals surface area contributed by atoms with E-state index in [1.807, 2.05) is 18.8 Å². The minimum Gasteiger partial charge on any atom is -0.372 e. The van der Waals surface area contributed by atoms with E-state index in [-0.39, 0.29) is 0 Å². The molecule has 5 heteroatoms. The van der Waals surface area contributed by atoms with E-state index in [0.29, 0.717) is 4.75 Å². The van der Waals surface area contributed by atoms with Crippen molar-refractivity contribution in [2.75, 3.05) is 30.5 Å². The van der Waals surface area contributed by atoms with E-state index >= 15 is 0 Å². The average Bonchev–Trinajstić information content (AvgIpc) is 3.07. The van der Waals surface area contributed by atoms with E-state index in [0.717, 1.165) is 18.2 Å². The SMILES string of the molecule is CNc1cncc(NCC2(SC)CC2)n1. The van der Waals surface area contributed by atoms with Gasteiger partial charge in [0.15, 0.2) is 0 Å². The molecule has 1 aromatic rings. The summed E-state index contributed by atoms with van der Waals surface area (Å²) in [6.45, 7) is 0.982. The third-order valence-electron chi connectivity index (χ3n) is 2.72. The summed E-state index contributed by atoms with van der Waals surface area (Å²) in [5.41, 5.74) is 0. The molecule has 1 saturated carbocycles. The van der Waals surface area contributed by atoms with Gasteiger partial charge in [-0.15, -0.1) is 0 Å². The Kier molecular flexibility index (Phi) is 3.00. The van der Waals surface area contributed by atoms with Crippen molar-refractivity contribution in [1.82, 2.24) is 9.97 Å². The molecular formula is C10H16N4S. The second kappa shape index (κ2) is 4.26. The normalized spacial score (nSPS) is 17.2. The Morgan fingerprint density at radius 2 is 2.13 bits per heavy atom. The van der Waals surface area contributed by atoms with E-state index in [1.54, 1.807) is 12.4 Å². The van der Waals surface area contributed by atoms with Gasteiger partial charge in [0.1, 0.15) is 11.6 Å². The number of thioether (sulfide) groups is 1. The summed E-state index contributed by atoms with van der Waals surface area (Å²) in [7, 11) is 1.85. The van der Waals surface area contributed by atoms with Crippen molar-refractivity contribution in [1.29, 1.82) is 0 Å². The molecule has 0 amide bonds. The number of aromatic nitrogens is 2. The molecule has 0 unspecified atom stereocenters. The Hall–Kier alpha value is -0.970. The van der Waals surface area contributed by atoms with Crippen LogP contribution in [0.1, 0.15) is 12.8 Å². The molecule has 1 aliphatic carbocycles. The van der Waals surface area contributed by atoms with E-state index < -0.39 is 0 Å². The summed E-state index contributed by atoms with van der Waals surface area (Å²) in [6, 6.07) is 0. The van der Waals surface area contributed by atoms with Gasteiger partial charge in [-0.2, -0.15) is 11.8 Å². The van der Waals surface area contributed by atoms with Crippen LogP contribution in [0.4, 0.5) is 11.6 Å². The molecule has 2 rings (SSSR count). The summed E-state index contributed by atoms with van der Waals surface area (Å²) >= 11 is 1.94. The Labute approximate surface area is 94.3 Å². The van der Waals surface area contributed by atoms with Gasteiger partial charge in [0.05, 0.1) is 12.4 Å². The topological polar surface area (TPSA) is 49.8 Å². The smallest absolute Gasteiger partial charge is 0.147 e. The quantitative estimate of drug-likeness (QED) is 0.799. The number of anilines is 2. The third-order valence-corrected chi connectivity index (χ3v) is 4.14. The van der Waals surface area contributed by atoms with Gasteiger partial charge in [-0.3, -0.25) is 4.98 Å². The molecule has 1 fully saturated rings. The second-order valence-corrected chi connectivity index (χ2v) is 5.05. The molecule has 0 atom stereocenters. The van der Waals surface area contributed by atoms with Crippen LogP contribution < -0.4 is 10.6 Å². The largest absolute Gasteiger partial charge is 0.372 e. The summed E-state index contributed by atoms with van der Waals surface area (Å²) in [5, 5.41) is 6.31. The van der Waals surface area contributed by atoms with Gasteiger partial charge in [0.2, 0.25) is 0 Å². The lowest BCUT2D eigenvalue weighted by atomic mass is 10.4. The lowest BCUT2D eigenvalue weighted by Crippen LogP contribution is -2.18. The fraction of sp³-hybridized carbons (Fsp3) is 0.600. The summed E-state index contributed by atoms with van der Waals surface area (Å²) in [6.07, 6.45) is 8.26. The van der Waals surface area contributed by atoms with Crippen molar-refractivity contribution in [3.63, 3.8) is 0 Å². The first kappa shape index (κ1) is 10.5. The van der Waals surface area contributed by atoms with Crippen LogP contribution in [0.3, 0.4) is 0 Å². The predicted molar refractivity (Wildman–Crippen MR) is 65.5 cm³/mol. The van der Waals surface area contributed by atoms with Crippen molar-refractivity contribution < 1.29 is 0 Å². The van der Waals surface area contributed by atoms with Gasteiger partial charge < -0.3 is 10.6 Å². The first-order valence-electron chi connectivity index (χ1n) is 5.07. The van der Waals surface area contributed by atoms with E-state index in [4.69, 9.17) is 0 Å². The maximum atomic E-state index is 4.36. The highest BCUT2D eigenvalue weighted by Gasteiger charge is 2.41. The van der Waals surface area contributed by atoms with Crippen LogP contribution in [0.5, 0.6) is 0 Å². The Morgan fingerprint density at radius 1 is 1.40 bits per heavy atom. The molecule has 0 saturated heterocycles. The van der Waals surface area contributed by atoms with Gasteiger partial charge in [-0.25, -0.2) is 4.98 Å². The standard InChI is InChI=1S/C10H16N4S/c1-11-8-5-12-6-9(14-8)13-7-10(15-2)3-4-10/h5-6H,3-4,7H2,1-2H3,(H2,11,13,14). The molecule has 0 aliphatic heterocycles. The van der Waals surface area contributed by atoms with Crippen LogP contribution in [0.25, 0.3) is 0 Å². The highest BCUT2D eigenvalue weighted by atomic mass is 32.2. The van der Waals surface area contributed by atoms with Crippen molar-refractivity contribution in [3.05, 3.63) is 12.4 Å². The first-order valence-corrected chi connectivity index (χ1v) is 6.29. The molecule has 4 nitrogen and oxygen atoms in total. The van der Waals surface area contributed by atoms with Crippen LogP contribution in [-0.2, 0) is 0 Å². The average molecular weight is 224 g/mol. The minimum absolute atomic E-state index is 0.456. The van der Waals surface area contributed by atoms with Gasteiger partial charge in [-0.1, -0.05) is 0 Å². The Morgan fingerprint density at radius 3 is 2.73 bits per heavy atom. The molecule has 1 aliphatic rings. The van der Waals surface area contributed by atoms with Crippen LogP contribution in [0, 0.1) is 0 Å². The van der Waals surface area contributed by atoms with Gasteiger partial charge in [-0.05, 0) is 19.1 Å². The Bertz CT molecular complexity index is 338. The highest BCUT2D eigenvalue weighted by molar-refractivity contribution is 8.00. The highest BCUT2D eigenvalue weighted by Crippen LogP contribution is 2.46. The van der Waals surface area contributed by atoms with E-state index in [2.05, 4.69) is 26.9 Å². The van der Waals surface area contributed by atoms with E-state index in [1.165, 1.54) is 12.8 Å². The van der Waals surface area contributed by atoms with Gasteiger partial charge in [0, 0.05) is 18.3 Å². The molecule has 15 heavy (non-hydrogen) atoms. The molecule has 2 N–H and O–H groups in total. The molecule has 82 valence electrons. The number of hydrogen-bond donors (Lipinski definition) is 2. The zero-order valence-corrected chi connectivity index (χ0v) is 9.90. The van der Waals surface area contributed by atoms with Crippen molar-refractivity contribution in [2.45, 2.75) is 17.6 Å². The molecular weight excluding hydrogens is 208 g/mol. The molecule has 0 spiro atoms. The van der Waals surface area contributed by atoms with Crippen LogP contribution in [0.2, 0.25) is 0 Å². The van der Waals surface area contributed by atoms with Crippen LogP contribution in [-0.4, -0.2) is 34.6 Å². The van der Waals surface area contributed by atoms with E-state index in [9.17, 15) is 0 Å². The number of nitrogens with zero attached hydrogens (tertiary/aromatic N) is 2. The van der Waals surface area contributed by atoms with Crippen LogP contribution in [0.15, 0.2) is 12.4 Å². The minimum atomic E-state index is 0.456. The zero-order chi connectivity index (χ0) is 10.7. The van der Waals surface area contributed by atoms with Crippen molar-refractivity contribution in [3.8, 4) is 0 Å². The number of rotatable bonds is 5. The maximum Gasteiger partial charge on any atom is 0.147 e.